The molecule has 2 aromatic heterocycles. The van der Waals surface area contributed by atoms with Gasteiger partial charge >= 0.3 is 0 Å². The Morgan fingerprint density at radius 1 is 0.929 bits per heavy atom. The van der Waals surface area contributed by atoms with E-state index in [1.807, 2.05) is 6.07 Å². The Hall–Kier alpha value is -1.97. The van der Waals surface area contributed by atoms with Crippen molar-refractivity contribution < 1.29 is 9.21 Å². The molecule has 0 saturated carbocycles. The van der Waals surface area contributed by atoms with Gasteiger partial charge in [0.05, 0.1) is 0 Å². The van der Waals surface area contributed by atoms with Crippen LogP contribution in [-0.2, 0) is 0 Å². The molecule has 2 rings (SSSR count). The maximum atomic E-state index is 12.2. The fraction of sp³-hybridized carbons (Fsp3) is 0.625. The van der Waals surface area contributed by atoms with Gasteiger partial charge < -0.3 is 4.42 Å². The van der Waals surface area contributed by atoms with Gasteiger partial charge in [-0.1, -0.05) is 70.4 Å². The summed E-state index contributed by atoms with van der Waals surface area (Å²) in [5, 5.41) is 0. The van der Waals surface area contributed by atoms with Gasteiger partial charge in [0.2, 0.25) is 11.5 Å². The summed E-state index contributed by atoms with van der Waals surface area (Å²) in [7, 11) is 0. The first kappa shape index (κ1) is 22.3. The van der Waals surface area contributed by atoms with Gasteiger partial charge in [0, 0.05) is 12.6 Å². The number of pyridine rings is 1. The Bertz CT molecular complexity index is 672. The smallest absolute Gasteiger partial charge is 0.265 e. The summed E-state index contributed by atoms with van der Waals surface area (Å²) < 4.78 is 5.43. The van der Waals surface area contributed by atoms with Crippen molar-refractivity contribution in [3.63, 3.8) is 0 Å². The van der Waals surface area contributed by atoms with Crippen LogP contribution in [0.1, 0.15) is 108 Å². The summed E-state index contributed by atoms with van der Waals surface area (Å²) >= 11 is 0. The van der Waals surface area contributed by atoms with Gasteiger partial charge in [0.15, 0.2) is 0 Å². The second-order valence-corrected chi connectivity index (χ2v) is 7.60. The molecule has 0 atom stereocenters. The number of hydrogen-bond acceptors (Lipinski definition) is 4. The van der Waals surface area contributed by atoms with Crippen LogP contribution in [0.3, 0.4) is 0 Å². The average Bonchev–Trinajstić information content (AvgIpc) is 3.15. The number of nitrogens with zero attached hydrogens (tertiary/aromatic N) is 2. The largest absolute Gasteiger partial charge is 0.415 e. The van der Waals surface area contributed by atoms with E-state index in [-0.39, 0.29) is 11.7 Å². The molecule has 0 aliphatic heterocycles. The van der Waals surface area contributed by atoms with Gasteiger partial charge in [0.25, 0.3) is 5.89 Å². The van der Waals surface area contributed by atoms with Crippen molar-refractivity contribution >= 4 is 17.0 Å². The van der Waals surface area contributed by atoms with Crippen LogP contribution in [0.15, 0.2) is 34.9 Å². The SMILES string of the molecule is CCCCCCCC/C=C\CCCCCCCC(=O)c1nc2cccnc2o1. The predicted molar refractivity (Wildman–Crippen MR) is 116 cm³/mol. The van der Waals surface area contributed by atoms with Gasteiger partial charge in [-0.2, -0.15) is 0 Å². The molecule has 0 amide bonds. The third-order valence-corrected chi connectivity index (χ3v) is 5.07. The number of carbonyl (C=O) groups is 1. The molecule has 154 valence electrons. The molecule has 4 heteroatoms. The van der Waals surface area contributed by atoms with E-state index in [0.29, 0.717) is 17.7 Å². The molecule has 0 N–H and O–H groups in total. The van der Waals surface area contributed by atoms with Gasteiger partial charge in [-0.05, 0) is 44.2 Å². The maximum Gasteiger partial charge on any atom is 0.265 e. The molecule has 0 aromatic carbocycles. The molecule has 28 heavy (non-hydrogen) atoms. The molecule has 2 heterocycles. The zero-order valence-corrected chi connectivity index (χ0v) is 17.5. The lowest BCUT2D eigenvalue weighted by atomic mass is 10.1. The highest BCUT2D eigenvalue weighted by atomic mass is 16.4. The number of fused-ring (bicyclic) bond motifs is 1. The number of ketones is 1. The molecule has 0 saturated heterocycles. The van der Waals surface area contributed by atoms with Crippen LogP contribution in [-0.4, -0.2) is 15.8 Å². The van der Waals surface area contributed by atoms with E-state index in [0.717, 1.165) is 12.8 Å². The van der Waals surface area contributed by atoms with Gasteiger partial charge in [-0.3, -0.25) is 4.79 Å². The number of rotatable bonds is 16. The number of carbonyl (C=O) groups excluding carboxylic acids is 1. The van der Waals surface area contributed by atoms with Crippen molar-refractivity contribution in [1.82, 2.24) is 9.97 Å². The summed E-state index contributed by atoms with van der Waals surface area (Å²) in [4.78, 5) is 20.4. The van der Waals surface area contributed by atoms with E-state index in [4.69, 9.17) is 4.42 Å². The Morgan fingerprint density at radius 2 is 1.57 bits per heavy atom. The molecule has 0 unspecified atom stereocenters. The summed E-state index contributed by atoms with van der Waals surface area (Å²) in [6, 6.07) is 3.60. The van der Waals surface area contributed by atoms with E-state index in [9.17, 15) is 4.79 Å². The summed E-state index contributed by atoms with van der Waals surface area (Å²) in [5.74, 6) is 0.180. The van der Waals surface area contributed by atoms with Crippen molar-refractivity contribution in [2.45, 2.75) is 96.8 Å². The molecule has 0 fully saturated rings. The summed E-state index contributed by atoms with van der Waals surface area (Å²) in [5.41, 5.74) is 1.09. The second-order valence-electron chi connectivity index (χ2n) is 7.60. The predicted octanol–water partition coefficient (Wildman–Crippen LogP) is 7.44. The quantitative estimate of drug-likeness (QED) is 0.171. The maximum absolute atomic E-state index is 12.2. The van der Waals surface area contributed by atoms with Crippen LogP contribution >= 0.6 is 0 Å². The molecule has 0 aliphatic carbocycles. The minimum atomic E-state index is -0.0179. The number of oxazole rings is 1. The third-order valence-electron chi connectivity index (χ3n) is 5.07. The van der Waals surface area contributed by atoms with Crippen LogP contribution in [0.2, 0.25) is 0 Å². The highest BCUT2D eigenvalue weighted by Crippen LogP contribution is 2.15. The number of Topliss-reactive ketones (excluding diaryl/α,β-unsaturated/α-hetero) is 1. The van der Waals surface area contributed by atoms with Gasteiger partial charge in [-0.15, -0.1) is 0 Å². The van der Waals surface area contributed by atoms with Crippen molar-refractivity contribution in [3.05, 3.63) is 36.4 Å². The molecule has 0 bridgehead atoms. The van der Waals surface area contributed by atoms with Crippen molar-refractivity contribution in [2.75, 3.05) is 0 Å². The molecule has 2 aromatic rings. The topological polar surface area (TPSA) is 56.0 Å². The molecule has 0 spiro atoms. The number of unbranched alkanes of at least 4 members (excludes halogenated alkanes) is 11. The molecular formula is C24H36N2O2. The first-order chi connectivity index (χ1) is 13.8. The highest BCUT2D eigenvalue weighted by Gasteiger charge is 2.14. The minimum Gasteiger partial charge on any atom is -0.415 e. The van der Waals surface area contributed by atoms with Crippen molar-refractivity contribution in [1.29, 1.82) is 0 Å². The van der Waals surface area contributed by atoms with Gasteiger partial charge in [0.1, 0.15) is 5.52 Å². The first-order valence-corrected chi connectivity index (χ1v) is 11.2. The van der Waals surface area contributed by atoms with E-state index < -0.39 is 0 Å². The summed E-state index contributed by atoms with van der Waals surface area (Å²) in [6.45, 7) is 2.26. The van der Waals surface area contributed by atoms with Crippen molar-refractivity contribution in [3.8, 4) is 0 Å². The fourth-order valence-electron chi connectivity index (χ4n) is 3.35. The lowest BCUT2D eigenvalue weighted by Crippen LogP contribution is -1.98. The summed E-state index contributed by atoms with van der Waals surface area (Å²) in [6.07, 6.45) is 23.2. The van der Waals surface area contributed by atoms with Crippen LogP contribution in [0.4, 0.5) is 0 Å². The van der Waals surface area contributed by atoms with E-state index in [1.165, 1.54) is 70.6 Å². The fourth-order valence-corrected chi connectivity index (χ4v) is 3.35. The highest BCUT2D eigenvalue weighted by molar-refractivity contribution is 5.93. The van der Waals surface area contributed by atoms with Crippen LogP contribution < -0.4 is 0 Å². The molecular weight excluding hydrogens is 348 g/mol. The Morgan fingerprint density at radius 3 is 2.25 bits per heavy atom. The monoisotopic (exact) mass is 384 g/mol. The standard InChI is InChI=1S/C24H36N2O2/c1-2-3-4-5-6-7-8-9-10-11-12-13-14-15-16-19-22(27)24-26-21-18-17-20-25-23(21)28-24/h9-10,17-18,20H,2-8,11-16,19H2,1H3/b10-9-. The Balaban J connectivity index is 1.42. The Kier molecular flexibility index (Phi) is 11.2. The molecule has 4 nitrogen and oxygen atoms in total. The third kappa shape index (κ3) is 8.81. The van der Waals surface area contributed by atoms with Crippen LogP contribution in [0, 0.1) is 0 Å². The van der Waals surface area contributed by atoms with Crippen LogP contribution in [0.25, 0.3) is 11.2 Å². The van der Waals surface area contributed by atoms with E-state index >= 15 is 0 Å². The molecule has 0 aliphatic rings. The zero-order valence-electron chi connectivity index (χ0n) is 17.5. The van der Waals surface area contributed by atoms with Gasteiger partial charge in [-0.25, -0.2) is 9.97 Å². The lowest BCUT2D eigenvalue weighted by molar-refractivity contribution is 0.0947. The normalized spacial score (nSPS) is 11.6. The zero-order chi connectivity index (χ0) is 19.9. The van der Waals surface area contributed by atoms with Crippen molar-refractivity contribution in [2.24, 2.45) is 0 Å². The Labute approximate surface area is 169 Å². The van der Waals surface area contributed by atoms with Crippen LogP contribution in [0.5, 0.6) is 0 Å². The average molecular weight is 385 g/mol. The second kappa shape index (κ2) is 14.1. The number of aromatic nitrogens is 2. The van der Waals surface area contributed by atoms with E-state index in [2.05, 4.69) is 29.0 Å². The lowest BCUT2D eigenvalue weighted by Gasteiger charge is -2.00. The first-order valence-electron chi connectivity index (χ1n) is 11.2. The number of allylic oxidation sites excluding steroid dienone is 2. The minimum absolute atomic E-state index is 0.0179. The number of hydrogen-bond donors (Lipinski definition) is 0. The van der Waals surface area contributed by atoms with E-state index in [1.54, 1.807) is 12.3 Å². The molecule has 0 radical (unpaired) electrons.